The van der Waals surface area contributed by atoms with Gasteiger partial charge in [-0.2, -0.15) is 0 Å². The first-order chi connectivity index (χ1) is 11.7. The van der Waals surface area contributed by atoms with Crippen molar-refractivity contribution < 1.29 is 9.18 Å². The van der Waals surface area contributed by atoms with E-state index in [4.69, 9.17) is 0 Å². The average molecular weight is 326 g/mol. The number of likely N-dealkylation sites (tertiary alicyclic amines) is 1. The van der Waals surface area contributed by atoms with Crippen LogP contribution in [0, 0.1) is 11.7 Å². The van der Waals surface area contributed by atoms with E-state index >= 15 is 0 Å². The van der Waals surface area contributed by atoms with Gasteiger partial charge in [-0.1, -0.05) is 42.5 Å². The van der Waals surface area contributed by atoms with Crippen molar-refractivity contribution >= 4 is 5.91 Å². The molecule has 2 aromatic carbocycles. The Kier molecular flexibility index (Phi) is 5.59. The minimum Gasteiger partial charge on any atom is -0.355 e. The van der Waals surface area contributed by atoms with Crippen molar-refractivity contribution in [2.24, 2.45) is 5.92 Å². The predicted molar refractivity (Wildman–Crippen MR) is 92.9 cm³/mol. The number of nitrogens with one attached hydrogen (secondary N) is 1. The minimum absolute atomic E-state index is 0.00289. The molecule has 1 aliphatic heterocycles. The number of halogens is 1. The van der Waals surface area contributed by atoms with Crippen LogP contribution in [0.4, 0.5) is 4.39 Å². The first-order valence-electron chi connectivity index (χ1n) is 8.46. The van der Waals surface area contributed by atoms with Crippen molar-refractivity contribution in [1.82, 2.24) is 10.2 Å². The van der Waals surface area contributed by atoms with E-state index in [0.717, 1.165) is 31.6 Å². The SMILES string of the molecule is O=C(Cc1ccc(F)cc1)NC[C@H]1CCN(Cc2ccccc2)C1. The zero-order valence-corrected chi connectivity index (χ0v) is 13.7. The molecule has 1 atom stereocenters. The smallest absolute Gasteiger partial charge is 0.224 e. The van der Waals surface area contributed by atoms with Crippen LogP contribution in [-0.2, 0) is 17.8 Å². The summed E-state index contributed by atoms with van der Waals surface area (Å²) in [4.78, 5) is 14.4. The van der Waals surface area contributed by atoms with Gasteiger partial charge in [0.1, 0.15) is 5.82 Å². The van der Waals surface area contributed by atoms with Crippen LogP contribution < -0.4 is 5.32 Å². The molecular formula is C20H23FN2O. The second kappa shape index (κ2) is 8.06. The van der Waals surface area contributed by atoms with Gasteiger partial charge in [0, 0.05) is 19.6 Å². The third-order valence-corrected chi connectivity index (χ3v) is 4.48. The number of nitrogens with zero attached hydrogens (tertiary/aromatic N) is 1. The highest BCUT2D eigenvalue weighted by atomic mass is 19.1. The van der Waals surface area contributed by atoms with Crippen molar-refractivity contribution in [3.8, 4) is 0 Å². The van der Waals surface area contributed by atoms with Crippen LogP contribution in [0.3, 0.4) is 0 Å². The second-order valence-electron chi connectivity index (χ2n) is 6.48. The molecule has 126 valence electrons. The molecule has 1 N–H and O–H groups in total. The molecular weight excluding hydrogens is 303 g/mol. The number of hydrogen-bond acceptors (Lipinski definition) is 2. The molecule has 0 unspecified atom stereocenters. The second-order valence-corrected chi connectivity index (χ2v) is 6.48. The lowest BCUT2D eigenvalue weighted by molar-refractivity contribution is -0.120. The molecule has 4 heteroatoms. The van der Waals surface area contributed by atoms with E-state index in [2.05, 4.69) is 34.5 Å². The number of hydrogen-bond donors (Lipinski definition) is 1. The quantitative estimate of drug-likeness (QED) is 0.885. The third-order valence-electron chi connectivity index (χ3n) is 4.48. The molecule has 0 aliphatic carbocycles. The molecule has 0 saturated carbocycles. The van der Waals surface area contributed by atoms with Crippen LogP contribution in [-0.4, -0.2) is 30.4 Å². The first kappa shape index (κ1) is 16.7. The van der Waals surface area contributed by atoms with Gasteiger partial charge < -0.3 is 5.32 Å². The molecule has 1 heterocycles. The van der Waals surface area contributed by atoms with Gasteiger partial charge in [0.25, 0.3) is 0 Å². The molecule has 0 radical (unpaired) electrons. The Hall–Kier alpha value is -2.20. The summed E-state index contributed by atoms with van der Waals surface area (Å²) in [5, 5.41) is 3.01. The summed E-state index contributed by atoms with van der Waals surface area (Å²) in [6, 6.07) is 16.6. The Balaban J connectivity index is 1.39. The van der Waals surface area contributed by atoms with Crippen molar-refractivity contribution in [3.63, 3.8) is 0 Å². The zero-order valence-electron chi connectivity index (χ0n) is 13.7. The molecule has 1 aliphatic rings. The maximum atomic E-state index is 12.9. The van der Waals surface area contributed by atoms with E-state index in [-0.39, 0.29) is 11.7 Å². The summed E-state index contributed by atoms with van der Waals surface area (Å²) in [6.45, 7) is 3.78. The molecule has 3 rings (SSSR count). The molecule has 24 heavy (non-hydrogen) atoms. The average Bonchev–Trinajstić information content (AvgIpc) is 3.03. The van der Waals surface area contributed by atoms with E-state index in [1.54, 1.807) is 12.1 Å². The summed E-state index contributed by atoms with van der Waals surface area (Å²) in [5.41, 5.74) is 2.17. The largest absolute Gasteiger partial charge is 0.355 e. The lowest BCUT2D eigenvalue weighted by Gasteiger charge is -2.16. The van der Waals surface area contributed by atoms with Crippen LogP contribution in [0.2, 0.25) is 0 Å². The minimum atomic E-state index is -0.274. The number of benzene rings is 2. The maximum absolute atomic E-state index is 12.9. The van der Waals surface area contributed by atoms with E-state index in [0.29, 0.717) is 18.9 Å². The maximum Gasteiger partial charge on any atom is 0.224 e. The Labute approximate surface area is 142 Å². The van der Waals surface area contributed by atoms with Gasteiger partial charge >= 0.3 is 0 Å². The Bertz CT molecular complexity index is 657. The highest BCUT2D eigenvalue weighted by molar-refractivity contribution is 5.78. The van der Waals surface area contributed by atoms with Crippen LogP contribution in [0.15, 0.2) is 54.6 Å². The first-order valence-corrected chi connectivity index (χ1v) is 8.46. The number of rotatable bonds is 6. The molecule has 0 spiro atoms. The summed E-state index contributed by atoms with van der Waals surface area (Å²) in [5.74, 6) is 0.234. The molecule has 0 aromatic heterocycles. The van der Waals surface area contributed by atoms with E-state index in [1.165, 1.54) is 17.7 Å². The van der Waals surface area contributed by atoms with Crippen molar-refractivity contribution in [2.75, 3.05) is 19.6 Å². The lowest BCUT2D eigenvalue weighted by atomic mass is 10.1. The van der Waals surface area contributed by atoms with E-state index in [9.17, 15) is 9.18 Å². The van der Waals surface area contributed by atoms with Gasteiger partial charge in [-0.15, -0.1) is 0 Å². The Morgan fingerprint density at radius 3 is 2.58 bits per heavy atom. The van der Waals surface area contributed by atoms with Crippen LogP contribution >= 0.6 is 0 Å². The van der Waals surface area contributed by atoms with E-state index in [1.807, 2.05) is 6.07 Å². The summed E-state index contributed by atoms with van der Waals surface area (Å²) < 4.78 is 12.9. The molecule has 1 fully saturated rings. The molecule has 2 aromatic rings. The third kappa shape index (κ3) is 4.90. The number of carbonyl (C=O) groups is 1. The van der Waals surface area contributed by atoms with Crippen molar-refractivity contribution in [1.29, 1.82) is 0 Å². The highest BCUT2D eigenvalue weighted by Crippen LogP contribution is 2.18. The monoisotopic (exact) mass is 326 g/mol. The Morgan fingerprint density at radius 1 is 1.08 bits per heavy atom. The Morgan fingerprint density at radius 2 is 1.83 bits per heavy atom. The highest BCUT2D eigenvalue weighted by Gasteiger charge is 2.22. The fraction of sp³-hybridized carbons (Fsp3) is 0.350. The van der Waals surface area contributed by atoms with Crippen LogP contribution in [0.1, 0.15) is 17.5 Å². The fourth-order valence-corrected chi connectivity index (χ4v) is 3.17. The standard InChI is InChI=1S/C20H23FN2O/c21-19-8-6-16(7-9-19)12-20(24)22-13-18-10-11-23(15-18)14-17-4-2-1-3-5-17/h1-9,18H,10-15H2,(H,22,24)/t18-/m1/s1. The molecule has 0 bridgehead atoms. The summed E-state index contributed by atoms with van der Waals surface area (Å²) in [7, 11) is 0. The topological polar surface area (TPSA) is 32.3 Å². The van der Waals surface area contributed by atoms with Gasteiger partial charge in [-0.3, -0.25) is 9.69 Å². The van der Waals surface area contributed by atoms with E-state index < -0.39 is 0 Å². The molecule has 3 nitrogen and oxygen atoms in total. The van der Waals surface area contributed by atoms with Crippen molar-refractivity contribution in [2.45, 2.75) is 19.4 Å². The van der Waals surface area contributed by atoms with Crippen LogP contribution in [0.25, 0.3) is 0 Å². The molecule has 1 saturated heterocycles. The summed E-state index contributed by atoms with van der Waals surface area (Å²) >= 11 is 0. The van der Waals surface area contributed by atoms with Gasteiger partial charge in [0.15, 0.2) is 0 Å². The number of amides is 1. The van der Waals surface area contributed by atoms with Gasteiger partial charge in [0.05, 0.1) is 6.42 Å². The van der Waals surface area contributed by atoms with Gasteiger partial charge in [0.2, 0.25) is 5.91 Å². The lowest BCUT2D eigenvalue weighted by Crippen LogP contribution is -2.31. The van der Waals surface area contributed by atoms with Gasteiger partial charge in [-0.05, 0) is 42.1 Å². The summed E-state index contributed by atoms with van der Waals surface area (Å²) in [6.07, 6.45) is 1.42. The van der Waals surface area contributed by atoms with Crippen LogP contribution in [0.5, 0.6) is 0 Å². The molecule has 1 amide bonds. The number of carbonyl (C=O) groups excluding carboxylic acids is 1. The van der Waals surface area contributed by atoms with Gasteiger partial charge in [-0.25, -0.2) is 4.39 Å². The predicted octanol–water partition coefficient (Wildman–Crippen LogP) is 3.01. The normalized spacial score (nSPS) is 17.8. The fourth-order valence-electron chi connectivity index (χ4n) is 3.17. The zero-order chi connectivity index (χ0) is 16.8. The van der Waals surface area contributed by atoms with Crippen molar-refractivity contribution in [3.05, 3.63) is 71.5 Å².